The number of carbonyl (C=O) groups is 1. The Morgan fingerprint density at radius 3 is 2.81 bits per heavy atom. The summed E-state index contributed by atoms with van der Waals surface area (Å²) in [4.78, 5) is 13.2. The molecule has 1 aliphatic rings. The fourth-order valence-electron chi connectivity index (χ4n) is 2.38. The molecule has 0 bridgehead atoms. The first kappa shape index (κ1) is 11.1. The van der Waals surface area contributed by atoms with E-state index in [0.29, 0.717) is 6.54 Å². The third-order valence-corrected chi connectivity index (χ3v) is 3.03. The molecule has 2 nitrogen and oxygen atoms in total. The van der Waals surface area contributed by atoms with Gasteiger partial charge in [-0.15, -0.1) is 0 Å². The minimum Gasteiger partial charge on any atom is -0.363 e. The summed E-state index contributed by atoms with van der Waals surface area (Å²) in [6, 6.07) is 4.80. The molecule has 1 aromatic rings. The van der Waals surface area contributed by atoms with E-state index < -0.39 is 0 Å². The van der Waals surface area contributed by atoms with E-state index in [-0.39, 0.29) is 17.0 Å². The molecule has 1 aliphatic heterocycles. The molecular formula is C13H16FNO. The van der Waals surface area contributed by atoms with Crippen molar-refractivity contribution in [3.05, 3.63) is 29.6 Å². The van der Waals surface area contributed by atoms with Gasteiger partial charge in [0.05, 0.1) is 6.54 Å². The molecule has 0 fully saturated rings. The lowest BCUT2D eigenvalue weighted by Gasteiger charge is -2.21. The minimum atomic E-state index is -0.212. The maximum absolute atomic E-state index is 13.2. The molecule has 86 valence electrons. The zero-order valence-electron chi connectivity index (χ0n) is 9.88. The first-order chi connectivity index (χ1) is 7.40. The molecular weight excluding hydrogens is 205 g/mol. The van der Waals surface area contributed by atoms with Crippen molar-refractivity contribution >= 4 is 11.5 Å². The highest BCUT2D eigenvalue weighted by molar-refractivity contribution is 5.82. The maximum atomic E-state index is 13.2. The Morgan fingerprint density at radius 2 is 2.19 bits per heavy atom. The maximum Gasteiger partial charge on any atom is 0.149 e. The van der Waals surface area contributed by atoms with Crippen molar-refractivity contribution in [3.8, 4) is 0 Å². The monoisotopic (exact) mass is 221 g/mol. The Labute approximate surface area is 95.1 Å². The number of hydrogen-bond donors (Lipinski definition) is 0. The first-order valence-corrected chi connectivity index (χ1v) is 5.44. The number of rotatable bonds is 2. The van der Waals surface area contributed by atoms with Crippen LogP contribution in [0, 0.1) is 5.82 Å². The normalized spacial score (nSPS) is 17.4. The third-order valence-electron chi connectivity index (χ3n) is 3.03. The van der Waals surface area contributed by atoms with Crippen molar-refractivity contribution in [3.63, 3.8) is 0 Å². The smallest absolute Gasteiger partial charge is 0.149 e. The Morgan fingerprint density at radius 1 is 1.50 bits per heavy atom. The van der Waals surface area contributed by atoms with Crippen LogP contribution in [-0.4, -0.2) is 18.9 Å². The molecule has 0 aromatic heterocycles. The Balaban J connectivity index is 2.42. The standard InChI is InChI=1S/C13H16FNO/c1-9(16)7-15-8-13(2,3)11-6-10(14)4-5-12(11)15/h4-6H,7-8H2,1-3H3. The van der Waals surface area contributed by atoms with Crippen LogP contribution in [0.4, 0.5) is 10.1 Å². The van der Waals surface area contributed by atoms with E-state index in [1.54, 1.807) is 19.1 Å². The van der Waals surface area contributed by atoms with Crippen molar-refractivity contribution in [2.75, 3.05) is 18.0 Å². The van der Waals surface area contributed by atoms with E-state index in [0.717, 1.165) is 17.8 Å². The minimum absolute atomic E-state index is 0.0904. The Kier molecular flexibility index (Phi) is 2.49. The van der Waals surface area contributed by atoms with Gasteiger partial charge in [-0.2, -0.15) is 0 Å². The molecule has 0 N–H and O–H groups in total. The quantitative estimate of drug-likeness (QED) is 0.764. The van der Waals surface area contributed by atoms with Gasteiger partial charge >= 0.3 is 0 Å². The molecule has 0 amide bonds. The molecule has 16 heavy (non-hydrogen) atoms. The molecule has 0 unspecified atom stereocenters. The van der Waals surface area contributed by atoms with Crippen LogP contribution in [0.15, 0.2) is 18.2 Å². The lowest BCUT2D eigenvalue weighted by atomic mass is 9.87. The van der Waals surface area contributed by atoms with E-state index in [4.69, 9.17) is 0 Å². The van der Waals surface area contributed by atoms with Gasteiger partial charge in [0.2, 0.25) is 0 Å². The molecule has 0 atom stereocenters. The van der Waals surface area contributed by atoms with Crippen LogP contribution in [0.1, 0.15) is 26.3 Å². The molecule has 3 heteroatoms. The van der Waals surface area contributed by atoms with Gasteiger partial charge in [-0.1, -0.05) is 13.8 Å². The molecule has 1 aromatic carbocycles. The van der Waals surface area contributed by atoms with E-state index in [2.05, 4.69) is 13.8 Å². The summed E-state index contributed by atoms with van der Waals surface area (Å²) < 4.78 is 13.2. The van der Waals surface area contributed by atoms with Gasteiger partial charge < -0.3 is 4.90 Å². The van der Waals surface area contributed by atoms with Gasteiger partial charge in [0, 0.05) is 17.6 Å². The number of benzene rings is 1. The average molecular weight is 221 g/mol. The third kappa shape index (κ3) is 1.82. The largest absolute Gasteiger partial charge is 0.363 e. The van der Waals surface area contributed by atoms with Gasteiger partial charge in [0.25, 0.3) is 0 Å². The zero-order chi connectivity index (χ0) is 11.9. The summed E-state index contributed by atoms with van der Waals surface area (Å²) >= 11 is 0. The lowest BCUT2D eigenvalue weighted by molar-refractivity contribution is -0.115. The fourth-order valence-corrected chi connectivity index (χ4v) is 2.38. The highest BCUT2D eigenvalue weighted by atomic mass is 19.1. The molecule has 0 saturated heterocycles. The number of carbonyl (C=O) groups excluding carboxylic acids is 1. The summed E-state index contributed by atoms with van der Waals surface area (Å²) in [5.74, 6) is -0.0792. The second-order valence-electron chi connectivity index (χ2n) is 5.10. The summed E-state index contributed by atoms with van der Waals surface area (Å²) in [7, 11) is 0. The van der Waals surface area contributed by atoms with Crippen LogP contribution in [0.2, 0.25) is 0 Å². The van der Waals surface area contributed by atoms with Crippen molar-refractivity contribution < 1.29 is 9.18 Å². The fraction of sp³-hybridized carbons (Fsp3) is 0.462. The van der Waals surface area contributed by atoms with Gasteiger partial charge in [0.1, 0.15) is 11.6 Å². The molecule has 0 spiro atoms. The van der Waals surface area contributed by atoms with E-state index in [9.17, 15) is 9.18 Å². The average Bonchev–Trinajstić information content (AvgIpc) is 2.37. The molecule has 1 heterocycles. The highest BCUT2D eigenvalue weighted by Gasteiger charge is 2.35. The lowest BCUT2D eigenvalue weighted by Crippen LogP contribution is -2.31. The number of anilines is 1. The number of hydrogen-bond acceptors (Lipinski definition) is 2. The SMILES string of the molecule is CC(=O)CN1CC(C)(C)c2cc(F)ccc21. The van der Waals surface area contributed by atoms with Gasteiger partial charge in [0.15, 0.2) is 0 Å². The predicted molar refractivity (Wildman–Crippen MR) is 62.3 cm³/mol. The number of halogens is 1. The Bertz CT molecular complexity index is 440. The zero-order valence-corrected chi connectivity index (χ0v) is 9.88. The summed E-state index contributed by atoms with van der Waals surface area (Å²) in [6.45, 7) is 6.90. The van der Waals surface area contributed by atoms with Crippen LogP contribution in [-0.2, 0) is 10.2 Å². The van der Waals surface area contributed by atoms with Crippen LogP contribution in [0.5, 0.6) is 0 Å². The van der Waals surface area contributed by atoms with Crippen LogP contribution >= 0.6 is 0 Å². The number of nitrogens with zero attached hydrogens (tertiary/aromatic N) is 1. The topological polar surface area (TPSA) is 20.3 Å². The number of fused-ring (bicyclic) bond motifs is 1. The van der Waals surface area contributed by atoms with Gasteiger partial charge in [-0.3, -0.25) is 4.79 Å². The highest BCUT2D eigenvalue weighted by Crippen LogP contribution is 2.40. The van der Waals surface area contributed by atoms with Crippen LogP contribution in [0.25, 0.3) is 0 Å². The second kappa shape index (κ2) is 3.58. The van der Waals surface area contributed by atoms with Gasteiger partial charge in [-0.25, -0.2) is 4.39 Å². The van der Waals surface area contributed by atoms with Gasteiger partial charge in [-0.05, 0) is 30.7 Å². The first-order valence-electron chi connectivity index (χ1n) is 5.44. The number of ketones is 1. The van der Waals surface area contributed by atoms with Crippen molar-refractivity contribution in [1.29, 1.82) is 0 Å². The van der Waals surface area contributed by atoms with Crippen molar-refractivity contribution in [2.24, 2.45) is 0 Å². The Hall–Kier alpha value is -1.38. The van der Waals surface area contributed by atoms with Crippen molar-refractivity contribution in [1.82, 2.24) is 0 Å². The molecule has 0 radical (unpaired) electrons. The number of Topliss-reactive ketones (excluding diaryl/α,β-unsaturated/α-hetero) is 1. The van der Waals surface area contributed by atoms with Crippen LogP contribution < -0.4 is 4.90 Å². The molecule has 0 aliphatic carbocycles. The summed E-state index contributed by atoms with van der Waals surface area (Å²) in [5.41, 5.74) is 1.89. The predicted octanol–water partition coefficient (Wildman–Crippen LogP) is 2.51. The van der Waals surface area contributed by atoms with Crippen LogP contribution in [0.3, 0.4) is 0 Å². The van der Waals surface area contributed by atoms with E-state index >= 15 is 0 Å². The van der Waals surface area contributed by atoms with Crippen molar-refractivity contribution in [2.45, 2.75) is 26.2 Å². The second-order valence-corrected chi connectivity index (χ2v) is 5.10. The summed E-state index contributed by atoms with van der Waals surface area (Å²) in [5, 5.41) is 0. The van der Waals surface area contributed by atoms with E-state index in [1.165, 1.54) is 6.07 Å². The summed E-state index contributed by atoms with van der Waals surface area (Å²) in [6.07, 6.45) is 0. The van der Waals surface area contributed by atoms with E-state index in [1.807, 2.05) is 4.90 Å². The molecule has 2 rings (SSSR count). The molecule has 0 saturated carbocycles.